The lowest BCUT2D eigenvalue weighted by atomic mass is 10.2. The lowest BCUT2D eigenvalue weighted by molar-refractivity contribution is 0.188. The standard InChI is InChI=1S/C12H24N2O2/c1-16-11-7-4-8-13-12(15)14-9-5-2-3-6-10-14/h2-11H2,1H3,(H,13,15). The molecule has 0 bridgehead atoms. The number of carbonyl (C=O) groups is 1. The minimum atomic E-state index is 0.110. The Kier molecular flexibility index (Phi) is 6.97. The fourth-order valence-corrected chi connectivity index (χ4v) is 1.95. The zero-order chi connectivity index (χ0) is 11.6. The fourth-order valence-electron chi connectivity index (χ4n) is 1.95. The summed E-state index contributed by atoms with van der Waals surface area (Å²) in [5, 5.41) is 2.97. The van der Waals surface area contributed by atoms with Crippen LogP contribution >= 0.6 is 0 Å². The van der Waals surface area contributed by atoms with Crippen LogP contribution in [0.1, 0.15) is 38.5 Å². The number of ether oxygens (including phenoxy) is 1. The number of amides is 2. The zero-order valence-corrected chi connectivity index (χ0v) is 10.3. The Labute approximate surface area is 98.3 Å². The van der Waals surface area contributed by atoms with Crippen LogP contribution in [0.5, 0.6) is 0 Å². The number of nitrogens with one attached hydrogen (secondary N) is 1. The molecule has 1 rings (SSSR count). The molecule has 1 aliphatic rings. The first-order valence-corrected chi connectivity index (χ1v) is 6.36. The Bertz CT molecular complexity index is 189. The summed E-state index contributed by atoms with van der Waals surface area (Å²) in [6.45, 7) is 3.38. The fraction of sp³-hybridized carbons (Fsp3) is 0.917. The number of unbranched alkanes of at least 4 members (excludes halogenated alkanes) is 1. The summed E-state index contributed by atoms with van der Waals surface area (Å²) in [4.78, 5) is 13.7. The van der Waals surface area contributed by atoms with Crippen LogP contribution in [0, 0.1) is 0 Å². The second kappa shape index (κ2) is 8.39. The van der Waals surface area contributed by atoms with Crippen LogP contribution < -0.4 is 5.32 Å². The van der Waals surface area contributed by atoms with Gasteiger partial charge in [-0.3, -0.25) is 0 Å². The van der Waals surface area contributed by atoms with Crippen LogP contribution in [0.3, 0.4) is 0 Å². The Morgan fingerprint density at radius 1 is 1.19 bits per heavy atom. The maximum Gasteiger partial charge on any atom is 0.317 e. The number of hydrogen-bond donors (Lipinski definition) is 1. The van der Waals surface area contributed by atoms with Crippen molar-refractivity contribution in [3.63, 3.8) is 0 Å². The van der Waals surface area contributed by atoms with E-state index in [0.717, 1.165) is 51.9 Å². The molecule has 1 aliphatic heterocycles. The quantitative estimate of drug-likeness (QED) is 0.731. The van der Waals surface area contributed by atoms with Gasteiger partial charge in [0.2, 0.25) is 0 Å². The Morgan fingerprint density at radius 2 is 1.88 bits per heavy atom. The number of methoxy groups -OCH3 is 1. The maximum absolute atomic E-state index is 11.8. The molecular formula is C12H24N2O2. The van der Waals surface area contributed by atoms with Crippen molar-refractivity contribution in [2.45, 2.75) is 38.5 Å². The number of rotatable bonds is 5. The molecule has 16 heavy (non-hydrogen) atoms. The highest BCUT2D eigenvalue weighted by atomic mass is 16.5. The molecule has 0 radical (unpaired) electrons. The van der Waals surface area contributed by atoms with Crippen molar-refractivity contribution in [3.8, 4) is 0 Å². The van der Waals surface area contributed by atoms with Gasteiger partial charge in [0.1, 0.15) is 0 Å². The molecule has 1 heterocycles. The molecule has 1 N–H and O–H groups in total. The van der Waals surface area contributed by atoms with Crippen molar-refractivity contribution in [1.82, 2.24) is 10.2 Å². The predicted octanol–water partition coefficient (Wildman–Crippen LogP) is 2.00. The molecule has 0 aromatic carbocycles. The molecule has 0 aromatic rings. The lowest BCUT2D eigenvalue weighted by Gasteiger charge is -2.20. The van der Waals surface area contributed by atoms with Gasteiger partial charge in [-0.15, -0.1) is 0 Å². The molecular weight excluding hydrogens is 204 g/mol. The van der Waals surface area contributed by atoms with E-state index < -0.39 is 0 Å². The summed E-state index contributed by atoms with van der Waals surface area (Å²) < 4.78 is 4.96. The van der Waals surface area contributed by atoms with Crippen LogP contribution in [0.25, 0.3) is 0 Å². The van der Waals surface area contributed by atoms with Gasteiger partial charge in [-0.05, 0) is 25.7 Å². The molecule has 0 aromatic heterocycles. The van der Waals surface area contributed by atoms with Crippen molar-refractivity contribution >= 4 is 6.03 Å². The highest BCUT2D eigenvalue weighted by molar-refractivity contribution is 5.74. The summed E-state index contributed by atoms with van der Waals surface area (Å²) in [6.07, 6.45) is 6.83. The van der Waals surface area contributed by atoms with E-state index in [9.17, 15) is 4.79 Å². The normalized spacial score (nSPS) is 16.9. The molecule has 0 unspecified atom stereocenters. The molecule has 0 atom stereocenters. The van der Waals surface area contributed by atoms with Gasteiger partial charge in [0.15, 0.2) is 0 Å². The first-order chi connectivity index (χ1) is 7.84. The molecule has 0 spiro atoms. The zero-order valence-electron chi connectivity index (χ0n) is 10.3. The summed E-state index contributed by atoms with van der Waals surface area (Å²) in [7, 11) is 1.70. The number of nitrogens with zero attached hydrogens (tertiary/aromatic N) is 1. The Balaban J connectivity index is 2.08. The van der Waals surface area contributed by atoms with Crippen LogP contribution in [0.4, 0.5) is 4.79 Å². The average molecular weight is 228 g/mol. The van der Waals surface area contributed by atoms with Gasteiger partial charge in [0.25, 0.3) is 0 Å². The van der Waals surface area contributed by atoms with Crippen molar-refractivity contribution in [3.05, 3.63) is 0 Å². The largest absolute Gasteiger partial charge is 0.385 e. The van der Waals surface area contributed by atoms with Crippen LogP contribution in [0.15, 0.2) is 0 Å². The Morgan fingerprint density at radius 3 is 2.50 bits per heavy atom. The average Bonchev–Trinajstić information content (AvgIpc) is 2.57. The van der Waals surface area contributed by atoms with Crippen molar-refractivity contribution in [2.75, 3.05) is 33.4 Å². The third-order valence-electron chi connectivity index (χ3n) is 2.94. The van der Waals surface area contributed by atoms with E-state index in [-0.39, 0.29) is 6.03 Å². The number of likely N-dealkylation sites (tertiary alicyclic amines) is 1. The van der Waals surface area contributed by atoms with Crippen LogP contribution in [-0.2, 0) is 4.74 Å². The number of carbonyl (C=O) groups excluding carboxylic acids is 1. The van der Waals surface area contributed by atoms with Gasteiger partial charge < -0.3 is 15.0 Å². The first-order valence-electron chi connectivity index (χ1n) is 6.36. The van der Waals surface area contributed by atoms with Gasteiger partial charge in [0.05, 0.1) is 0 Å². The van der Waals surface area contributed by atoms with Gasteiger partial charge in [-0.25, -0.2) is 4.79 Å². The molecule has 0 aliphatic carbocycles. The smallest absolute Gasteiger partial charge is 0.317 e. The highest BCUT2D eigenvalue weighted by Gasteiger charge is 2.14. The van der Waals surface area contributed by atoms with Crippen molar-refractivity contribution in [1.29, 1.82) is 0 Å². The van der Waals surface area contributed by atoms with E-state index in [1.807, 2.05) is 4.90 Å². The van der Waals surface area contributed by atoms with Crippen LogP contribution in [-0.4, -0.2) is 44.3 Å². The highest BCUT2D eigenvalue weighted by Crippen LogP contribution is 2.09. The maximum atomic E-state index is 11.8. The molecule has 2 amide bonds. The summed E-state index contributed by atoms with van der Waals surface area (Å²) in [5.74, 6) is 0. The molecule has 4 nitrogen and oxygen atoms in total. The molecule has 1 fully saturated rings. The second-order valence-electron chi connectivity index (χ2n) is 4.33. The predicted molar refractivity (Wildman–Crippen MR) is 64.5 cm³/mol. The number of hydrogen-bond acceptors (Lipinski definition) is 2. The minimum absolute atomic E-state index is 0.110. The van der Waals surface area contributed by atoms with E-state index in [1.54, 1.807) is 7.11 Å². The van der Waals surface area contributed by atoms with E-state index in [0.29, 0.717) is 0 Å². The molecule has 1 saturated heterocycles. The van der Waals surface area contributed by atoms with Gasteiger partial charge >= 0.3 is 6.03 Å². The van der Waals surface area contributed by atoms with E-state index in [1.165, 1.54) is 12.8 Å². The summed E-state index contributed by atoms with van der Waals surface area (Å²) in [6, 6.07) is 0.110. The van der Waals surface area contributed by atoms with Gasteiger partial charge in [-0.1, -0.05) is 12.8 Å². The SMILES string of the molecule is COCCCCNC(=O)N1CCCCCC1. The monoisotopic (exact) mass is 228 g/mol. The van der Waals surface area contributed by atoms with E-state index in [2.05, 4.69) is 5.32 Å². The molecule has 0 saturated carbocycles. The third kappa shape index (κ3) is 5.35. The lowest BCUT2D eigenvalue weighted by Crippen LogP contribution is -2.40. The molecule has 94 valence electrons. The molecule has 4 heteroatoms. The van der Waals surface area contributed by atoms with Gasteiger partial charge in [0, 0.05) is 33.4 Å². The van der Waals surface area contributed by atoms with Crippen molar-refractivity contribution in [2.24, 2.45) is 0 Å². The van der Waals surface area contributed by atoms with Crippen molar-refractivity contribution < 1.29 is 9.53 Å². The summed E-state index contributed by atoms with van der Waals surface area (Å²) >= 11 is 0. The van der Waals surface area contributed by atoms with Gasteiger partial charge in [-0.2, -0.15) is 0 Å². The van der Waals surface area contributed by atoms with Crippen LogP contribution in [0.2, 0.25) is 0 Å². The topological polar surface area (TPSA) is 41.6 Å². The van der Waals surface area contributed by atoms with E-state index >= 15 is 0 Å². The first kappa shape index (κ1) is 13.3. The minimum Gasteiger partial charge on any atom is -0.385 e. The second-order valence-corrected chi connectivity index (χ2v) is 4.33. The summed E-state index contributed by atoms with van der Waals surface area (Å²) in [5.41, 5.74) is 0. The number of urea groups is 1. The van der Waals surface area contributed by atoms with E-state index in [4.69, 9.17) is 4.74 Å². The Hall–Kier alpha value is -0.770. The third-order valence-corrected chi connectivity index (χ3v) is 2.94.